The lowest BCUT2D eigenvalue weighted by Crippen LogP contribution is -2.47. The fraction of sp³-hybridized carbons (Fsp3) is 0.310. The summed E-state index contributed by atoms with van der Waals surface area (Å²) in [7, 11) is 1.58. The number of fused-ring (bicyclic) bond motifs is 3. The molecule has 3 aromatic carbocycles. The van der Waals surface area contributed by atoms with E-state index in [9.17, 15) is 19.1 Å². The number of hydrogen-bond acceptors (Lipinski definition) is 6. The minimum Gasteiger partial charge on any atom is -0.496 e. The van der Waals surface area contributed by atoms with E-state index in [-0.39, 0.29) is 30.5 Å². The predicted octanol–water partition coefficient (Wildman–Crippen LogP) is 4.18. The van der Waals surface area contributed by atoms with Crippen LogP contribution in [0.5, 0.6) is 11.5 Å². The lowest BCUT2D eigenvalue weighted by Gasteiger charge is -2.37. The molecule has 0 saturated carbocycles. The van der Waals surface area contributed by atoms with Gasteiger partial charge >= 0.3 is 6.03 Å². The molecule has 2 aliphatic heterocycles. The van der Waals surface area contributed by atoms with Gasteiger partial charge in [-0.25, -0.2) is 9.18 Å². The molecule has 2 aliphatic rings. The third-order valence-corrected chi connectivity index (χ3v) is 6.96. The summed E-state index contributed by atoms with van der Waals surface area (Å²) in [6.07, 6.45) is -0.838. The van der Waals surface area contributed by atoms with Crippen molar-refractivity contribution in [3.8, 4) is 11.5 Å². The Hall–Kier alpha value is -4.15. The molecule has 9 nitrogen and oxygen atoms in total. The number of carbonyl (C=O) groups excluding carboxylic acids is 2. The van der Waals surface area contributed by atoms with Gasteiger partial charge < -0.3 is 35.3 Å². The Morgan fingerprint density at radius 1 is 1.08 bits per heavy atom. The van der Waals surface area contributed by atoms with Crippen molar-refractivity contribution in [3.63, 3.8) is 0 Å². The van der Waals surface area contributed by atoms with Gasteiger partial charge in [-0.2, -0.15) is 0 Å². The van der Waals surface area contributed by atoms with Crippen LogP contribution in [-0.4, -0.2) is 49.1 Å². The summed E-state index contributed by atoms with van der Waals surface area (Å²) in [6, 6.07) is 18.0. The van der Waals surface area contributed by atoms with Crippen LogP contribution in [0.3, 0.4) is 0 Å². The summed E-state index contributed by atoms with van der Waals surface area (Å²) in [5, 5.41) is 18.1. The van der Waals surface area contributed by atoms with Gasteiger partial charge in [0, 0.05) is 29.3 Å². The topological polar surface area (TPSA) is 118 Å². The number of halogens is 1. The molecule has 10 heteroatoms. The average Bonchev–Trinajstić information content (AvgIpc) is 3.30. The van der Waals surface area contributed by atoms with Crippen LogP contribution >= 0.6 is 0 Å². The minimum atomic E-state index is -0.607. The van der Waals surface area contributed by atoms with E-state index < -0.39 is 30.2 Å². The SMILES string of the molecule is COc1ccccc1CNC(=O)C[C@H]1C[C@@H]2c3cc(NC(=O)Nc4ccccc4F)ccc3O[C@@H]2[C@H](CO)O1. The molecule has 3 amide bonds. The van der Waals surface area contributed by atoms with Crippen LogP contribution in [0.15, 0.2) is 66.7 Å². The normalized spacial score (nSPS) is 21.2. The number of aliphatic hydroxyl groups is 1. The second kappa shape index (κ2) is 11.7. The van der Waals surface area contributed by atoms with Gasteiger partial charge in [-0.3, -0.25) is 4.79 Å². The van der Waals surface area contributed by atoms with Gasteiger partial charge in [0.2, 0.25) is 5.91 Å². The minimum absolute atomic E-state index is 0.0709. The number of hydrogen-bond donors (Lipinski definition) is 4. The first-order chi connectivity index (χ1) is 18.9. The van der Waals surface area contributed by atoms with E-state index in [1.54, 1.807) is 37.4 Å². The average molecular weight is 536 g/mol. The molecule has 1 saturated heterocycles. The van der Waals surface area contributed by atoms with Crippen LogP contribution in [0.4, 0.5) is 20.6 Å². The molecule has 0 aliphatic carbocycles. The molecule has 4 atom stereocenters. The fourth-order valence-corrected chi connectivity index (χ4v) is 5.14. The lowest BCUT2D eigenvalue weighted by molar-refractivity contribution is -0.142. The van der Waals surface area contributed by atoms with Crippen LogP contribution in [-0.2, 0) is 16.1 Å². The fourth-order valence-electron chi connectivity index (χ4n) is 5.14. The van der Waals surface area contributed by atoms with Crippen LogP contribution in [0.25, 0.3) is 0 Å². The molecule has 0 bridgehead atoms. The maximum atomic E-state index is 13.9. The number of amides is 3. The van der Waals surface area contributed by atoms with Gasteiger partial charge in [-0.1, -0.05) is 30.3 Å². The zero-order valence-electron chi connectivity index (χ0n) is 21.4. The van der Waals surface area contributed by atoms with Gasteiger partial charge in [0.15, 0.2) is 0 Å². The molecule has 3 aromatic rings. The third kappa shape index (κ3) is 5.97. The number of aliphatic hydroxyl groups excluding tert-OH is 1. The van der Waals surface area contributed by atoms with E-state index in [4.69, 9.17) is 14.2 Å². The second-order valence-corrected chi connectivity index (χ2v) is 9.51. The quantitative estimate of drug-likeness (QED) is 0.344. The number of nitrogens with one attached hydrogen (secondary N) is 3. The van der Waals surface area contributed by atoms with Crippen LogP contribution in [0.1, 0.15) is 29.9 Å². The largest absolute Gasteiger partial charge is 0.496 e. The third-order valence-electron chi connectivity index (χ3n) is 6.96. The number of anilines is 2. The standard InChI is InChI=1S/C29H30FN3O6/c1-37-24-9-5-2-6-17(24)15-31-27(35)14-19-13-21-20-12-18(10-11-25(20)39-28(21)26(16-34)38-19)32-29(36)33-23-8-4-3-7-22(23)30/h2-12,19,21,26,28,34H,13-16H2,1H3,(H,31,35)(H2,32,33,36)/t19-,21-,26+,28+/m1/s1. The van der Waals surface area contributed by atoms with E-state index in [1.165, 1.54) is 12.1 Å². The van der Waals surface area contributed by atoms with Crippen LogP contribution in [0, 0.1) is 5.82 Å². The Morgan fingerprint density at radius 3 is 2.67 bits per heavy atom. The molecule has 39 heavy (non-hydrogen) atoms. The number of ether oxygens (including phenoxy) is 3. The smallest absolute Gasteiger partial charge is 0.323 e. The van der Waals surface area contributed by atoms with Gasteiger partial charge in [-0.05, 0) is 42.8 Å². The van der Waals surface area contributed by atoms with Gasteiger partial charge in [0.25, 0.3) is 0 Å². The van der Waals surface area contributed by atoms with E-state index in [1.807, 2.05) is 24.3 Å². The van der Waals surface area contributed by atoms with Gasteiger partial charge in [0.1, 0.15) is 29.5 Å². The summed E-state index contributed by atoms with van der Waals surface area (Å²) < 4.78 is 31.4. The van der Waals surface area contributed by atoms with E-state index in [2.05, 4.69) is 16.0 Å². The Morgan fingerprint density at radius 2 is 1.87 bits per heavy atom. The number of methoxy groups -OCH3 is 1. The summed E-state index contributed by atoms with van der Waals surface area (Å²) in [4.78, 5) is 25.2. The zero-order chi connectivity index (χ0) is 27.4. The summed E-state index contributed by atoms with van der Waals surface area (Å²) in [5.41, 5.74) is 2.29. The van der Waals surface area contributed by atoms with Crippen molar-refractivity contribution in [2.75, 3.05) is 24.4 Å². The molecule has 0 radical (unpaired) electrons. The highest BCUT2D eigenvalue weighted by Crippen LogP contribution is 2.47. The Kier molecular flexibility index (Phi) is 7.94. The number of para-hydroxylation sites is 2. The molecule has 0 aromatic heterocycles. The molecular formula is C29H30FN3O6. The maximum Gasteiger partial charge on any atom is 0.323 e. The summed E-state index contributed by atoms with van der Waals surface area (Å²) in [6.45, 7) is 0.0611. The number of urea groups is 1. The zero-order valence-corrected chi connectivity index (χ0v) is 21.4. The van der Waals surface area contributed by atoms with Crippen molar-refractivity contribution >= 4 is 23.3 Å². The highest BCUT2D eigenvalue weighted by molar-refractivity contribution is 6.00. The molecule has 4 N–H and O–H groups in total. The predicted molar refractivity (Wildman–Crippen MR) is 142 cm³/mol. The van der Waals surface area contributed by atoms with E-state index in [0.717, 1.165) is 11.1 Å². The monoisotopic (exact) mass is 535 g/mol. The first kappa shape index (κ1) is 26.5. The van der Waals surface area contributed by atoms with Crippen molar-refractivity contribution in [3.05, 3.63) is 83.7 Å². The molecule has 0 unspecified atom stereocenters. The summed E-state index contributed by atoms with van der Waals surface area (Å²) in [5.74, 6) is 0.470. The van der Waals surface area contributed by atoms with Crippen molar-refractivity contribution in [1.29, 1.82) is 0 Å². The molecule has 5 rings (SSSR count). The van der Waals surface area contributed by atoms with Gasteiger partial charge in [0.05, 0.1) is 31.9 Å². The second-order valence-electron chi connectivity index (χ2n) is 9.51. The van der Waals surface area contributed by atoms with Crippen molar-refractivity contribution in [2.24, 2.45) is 0 Å². The van der Waals surface area contributed by atoms with Crippen LogP contribution in [0.2, 0.25) is 0 Å². The highest BCUT2D eigenvalue weighted by atomic mass is 19.1. The molecule has 204 valence electrons. The van der Waals surface area contributed by atoms with Crippen molar-refractivity contribution in [2.45, 2.75) is 43.6 Å². The van der Waals surface area contributed by atoms with Gasteiger partial charge in [-0.15, -0.1) is 0 Å². The first-order valence-corrected chi connectivity index (χ1v) is 12.7. The Balaban J connectivity index is 1.24. The Labute approximate surface area is 225 Å². The maximum absolute atomic E-state index is 13.9. The number of benzene rings is 3. The lowest BCUT2D eigenvalue weighted by atomic mass is 9.84. The molecule has 1 fully saturated rings. The summed E-state index contributed by atoms with van der Waals surface area (Å²) >= 11 is 0. The van der Waals surface area contributed by atoms with E-state index >= 15 is 0 Å². The van der Waals surface area contributed by atoms with Crippen molar-refractivity contribution < 1.29 is 33.3 Å². The first-order valence-electron chi connectivity index (χ1n) is 12.7. The molecular weight excluding hydrogens is 505 g/mol. The number of rotatable bonds is 8. The van der Waals surface area contributed by atoms with E-state index in [0.29, 0.717) is 30.2 Å². The molecule has 0 spiro atoms. The molecule has 2 heterocycles. The Bertz CT molecular complexity index is 1350. The number of carbonyl (C=O) groups is 2. The van der Waals surface area contributed by atoms with Crippen molar-refractivity contribution in [1.82, 2.24) is 5.32 Å². The highest BCUT2D eigenvalue weighted by Gasteiger charge is 2.46. The van der Waals surface area contributed by atoms with Crippen LogP contribution < -0.4 is 25.4 Å².